The lowest BCUT2D eigenvalue weighted by Crippen LogP contribution is -2.54. The minimum absolute atomic E-state index is 0.00505. The largest absolute Gasteiger partial charge is 0.444 e. The molecule has 0 spiro atoms. The van der Waals surface area contributed by atoms with E-state index in [9.17, 15) is 19.5 Å². The molecule has 0 aliphatic carbocycles. The standard InChI is InChI=1S/C31H37N3O5/c1-7-17-34(29(37)25(19-35)33-30(38)39-31(4,5)6)27(26-20(2)11-10-12-21(26)3)28(36)32-24-16-15-22-13-8-9-14-23(22)18-24/h7-16,18,25,27,35H,1,17,19H2,2-6H3,(H,32,36)(H,33,38). The summed E-state index contributed by atoms with van der Waals surface area (Å²) in [5, 5.41) is 17.4. The summed E-state index contributed by atoms with van der Waals surface area (Å²) in [4.78, 5) is 41.5. The Morgan fingerprint density at radius 1 is 1.00 bits per heavy atom. The Morgan fingerprint density at radius 2 is 1.64 bits per heavy atom. The molecule has 3 amide bonds. The van der Waals surface area contributed by atoms with Crippen LogP contribution in [0.15, 0.2) is 73.3 Å². The molecule has 0 aromatic heterocycles. The maximum atomic E-state index is 14.0. The van der Waals surface area contributed by atoms with E-state index in [1.54, 1.807) is 20.8 Å². The van der Waals surface area contributed by atoms with Gasteiger partial charge in [0.1, 0.15) is 17.7 Å². The van der Waals surface area contributed by atoms with Crippen molar-refractivity contribution in [1.82, 2.24) is 10.2 Å². The van der Waals surface area contributed by atoms with Gasteiger partial charge < -0.3 is 25.4 Å². The Balaban J connectivity index is 2.02. The van der Waals surface area contributed by atoms with E-state index < -0.39 is 42.2 Å². The van der Waals surface area contributed by atoms with Gasteiger partial charge in [0.2, 0.25) is 5.91 Å². The van der Waals surface area contributed by atoms with Crippen molar-refractivity contribution in [2.45, 2.75) is 52.3 Å². The van der Waals surface area contributed by atoms with Gasteiger partial charge in [-0.2, -0.15) is 0 Å². The minimum Gasteiger partial charge on any atom is -0.444 e. The van der Waals surface area contributed by atoms with Gasteiger partial charge in [0.05, 0.1) is 6.61 Å². The summed E-state index contributed by atoms with van der Waals surface area (Å²) >= 11 is 0. The number of nitrogens with one attached hydrogen (secondary N) is 2. The van der Waals surface area contributed by atoms with Crippen LogP contribution in [0.25, 0.3) is 10.8 Å². The highest BCUT2D eigenvalue weighted by Crippen LogP contribution is 2.30. The average Bonchev–Trinajstić information content (AvgIpc) is 2.87. The summed E-state index contributed by atoms with van der Waals surface area (Å²) in [6, 6.07) is 16.6. The zero-order chi connectivity index (χ0) is 28.7. The van der Waals surface area contributed by atoms with Gasteiger partial charge >= 0.3 is 6.09 Å². The maximum absolute atomic E-state index is 14.0. The zero-order valence-electron chi connectivity index (χ0n) is 23.2. The van der Waals surface area contributed by atoms with E-state index in [0.29, 0.717) is 11.3 Å². The number of ether oxygens (including phenoxy) is 1. The number of fused-ring (bicyclic) bond motifs is 1. The third kappa shape index (κ3) is 7.45. The van der Waals surface area contributed by atoms with Crippen molar-refractivity contribution in [3.63, 3.8) is 0 Å². The first-order chi connectivity index (χ1) is 18.4. The number of carbonyl (C=O) groups is 3. The van der Waals surface area contributed by atoms with Crippen LogP contribution in [0.2, 0.25) is 0 Å². The molecule has 0 aliphatic rings. The van der Waals surface area contributed by atoms with Crippen LogP contribution in [0.4, 0.5) is 10.5 Å². The number of aryl methyl sites for hydroxylation is 2. The molecular weight excluding hydrogens is 494 g/mol. The van der Waals surface area contributed by atoms with Gasteiger partial charge in [-0.25, -0.2) is 4.79 Å². The van der Waals surface area contributed by atoms with E-state index in [1.165, 1.54) is 11.0 Å². The predicted molar refractivity (Wildman–Crippen MR) is 153 cm³/mol. The normalized spacial score (nSPS) is 12.8. The molecule has 0 saturated carbocycles. The fraction of sp³-hybridized carbons (Fsp3) is 0.323. The zero-order valence-corrected chi connectivity index (χ0v) is 23.2. The first-order valence-corrected chi connectivity index (χ1v) is 12.8. The second-order valence-corrected chi connectivity index (χ2v) is 10.4. The summed E-state index contributed by atoms with van der Waals surface area (Å²) in [6.45, 7) is 11.9. The second kappa shape index (κ2) is 12.6. The van der Waals surface area contributed by atoms with Crippen molar-refractivity contribution in [3.05, 3.63) is 90.0 Å². The number of anilines is 1. The van der Waals surface area contributed by atoms with Crippen LogP contribution in [0.3, 0.4) is 0 Å². The van der Waals surface area contributed by atoms with Crippen LogP contribution in [0, 0.1) is 13.8 Å². The number of alkyl carbamates (subject to hydrolysis) is 1. The lowest BCUT2D eigenvalue weighted by atomic mass is 9.93. The second-order valence-electron chi connectivity index (χ2n) is 10.4. The molecule has 39 heavy (non-hydrogen) atoms. The van der Waals surface area contributed by atoms with Crippen molar-refractivity contribution in [2.75, 3.05) is 18.5 Å². The Labute approximate surface area is 229 Å². The van der Waals surface area contributed by atoms with Gasteiger partial charge in [0.25, 0.3) is 5.91 Å². The average molecular weight is 532 g/mol. The van der Waals surface area contributed by atoms with E-state index in [1.807, 2.05) is 74.5 Å². The third-order valence-electron chi connectivity index (χ3n) is 6.17. The highest BCUT2D eigenvalue weighted by molar-refractivity contribution is 6.00. The Kier molecular flexibility index (Phi) is 9.48. The maximum Gasteiger partial charge on any atom is 0.408 e. The van der Waals surface area contributed by atoms with Gasteiger partial charge in [0, 0.05) is 12.2 Å². The molecule has 3 aromatic carbocycles. The fourth-order valence-electron chi connectivity index (χ4n) is 4.46. The van der Waals surface area contributed by atoms with E-state index in [0.717, 1.165) is 21.9 Å². The first kappa shape index (κ1) is 29.4. The van der Waals surface area contributed by atoms with E-state index in [2.05, 4.69) is 17.2 Å². The minimum atomic E-state index is -1.33. The van der Waals surface area contributed by atoms with Gasteiger partial charge in [-0.3, -0.25) is 9.59 Å². The summed E-state index contributed by atoms with van der Waals surface area (Å²) < 4.78 is 5.27. The molecule has 0 heterocycles. The van der Waals surface area contributed by atoms with Crippen LogP contribution >= 0.6 is 0 Å². The lowest BCUT2D eigenvalue weighted by Gasteiger charge is -2.34. The van der Waals surface area contributed by atoms with Crippen molar-refractivity contribution in [2.24, 2.45) is 0 Å². The van der Waals surface area contributed by atoms with Crippen LogP contribution in [0.1, 0.15) is 43.5 Å². The molecule has 3 N–H and O–H groups in total. The monoisotopic (exact) mass is 531 g/mol. The first-order valence-electron chi connectivity index (χ1n) is 12.8. The molecule has 0 bridgehead atoms. The van der Waals surface area contributed by atoms with Crippen molar-refractivity contribution < 1.29 is 24.2 Å². The molecule has 8 heteroatoms. The number of nitrogens with zero attached hydrogens (tertiary/aromatic N) is 1. The molecule has 3 aromatic rings. The number of hydrogen-bond acceptors (Lipinski definition) is 5. The van der Waals surface area contributed by atoms with Crippen molar-refractivity contribution >= 4 is 34.4 Å². The summed E-state index contributed by atoms with van der Waals surface area (Å²) in [5.74, 6) is -1.09. The number of carbonyl (C=O) groups excluding carboxylic acids is 3. The molecule has 0 fully saturated rings. The number of aliphatic hydroxyl groups excluding tert-OH is 1. The third-order valence-corrected chi connectivity index (χ3v) is 6.17. The molecule has 2 unspecified atom stereocenters. The number of rotatable bonds is 9. The fourth-order valence-corrected chi connectivity index (χ4v) is 4.46. The van der Waals surface area contributed by atoms with Gasteiger partial charge in [-0.1, -0.05) is 54.6 Å². The molecule has 0 radical (unpaired) electrons. The Hall–Kier alpha value is -4.17. The van der Waals surface area contributed by atoms with Crippen LogP contribution < -0.4 is 10.6 Å². The topological polar surface area (TPSA) is 108 Å². The van der Waals surface area contributed by atoms with Gasteiger partial charge in [-0.15, -0.1) is 6.58 Å². The molecule has 0 aliphatic heterocycles. The van der Waals surface area contributed by atoms with Crippen molar-refractivity contribution in [1.29, 1.82) is 0 Å². The smallest absolute Gasteiger partial charge is 0.408 e. The molecular formula is C31H37N3O5. The number of benzene rings is 3. The van der Waals surface area contributed by atoms with Gasteiger partial charge in [-0.05, 0) is 74.2 Å². The Morgan fingerprint density at radius 3 is 2.23 bits per heavy atom. The molecule has 8 nitrogen and oxygen atoms in total. The van der Waals surface area contributed by atoms with Crippen molar-refractivity contribution in [3.8, 4) is 0 Å². The van der Waals surface area contributed by atoms with E-state index >= 15 is 0 Å². The highest BCUT2D eigenvalue weighted by Gasteiger charge is 2.37. The quantitative estimate of drug-likeness (QED) is 0.336. The van der Waals surface area contributed by atoms with Crippen LogP contribution in [-0.4, -0.2) is 52.7 Å². The number of amides is 3. The molecule has 206 valence electrons. The van der Waals surface area contributed by atoms with Crippen LogP contribution in [-0.2, 0) is 14.3 Å². The summed E-state index contributed by atoms with van der Waals surface area (Å²) in [7, 11) is 0. The summed E-state index contributed by atoms with van der Waals surface area (Å²) in [5.41, 5.74) is 2.06. The molecule has 2 atom stereocenters. The van der Waals surface area contributed by atoms with E-state index in [-0.39, 0.29) is 6.54 Å². The SMILES string of the molecule is C=CCN(C(=O)C(CO)NC(=O)OC(C)(C)C)C(C(=O)Nc1ccc2ccccc2c1)c1c(C)cccc1C. The summed E-state index contributed by atoms with van der Waals surface area (Å²) in [6.07, 6.45) is 0.654. The molecule has 0 saturated heterocycles. The highest BCUT2D eigenvalue weighted by atomic mass is 16.6. The number of aliphatic hydroxyl groups is 1. The lowest BCUT2D eigenvalue weighted by molar-refractivity contribution is -0.141. The van der Waals surface area contributed by atoms with Crippen LogP contribution in [0.5, 0.6) is 0 Å². The van der Waals surface area contributed by atoms with Gasteiger partial charge in [0.15, 0.2) is 0 Å². The Bertz CT molecular complexity index is 1340. The predicted octanol–water partition coefficient (Wildman–Crippen LogP) is 5.04. The molecule has 3 rings (SSSR count). The van der Waals surface area contributed by atoms with E-state index in [4.69, 9.17) is 4.74 Å². The number of hydrogen-bond donors (Lipinski definition) is 3.